The average molecular weight is 391 g/mol. The first kappa shape index (κ1) is 16.3. The maximum absolute atomic E-state index is 11.6. The van der Waals surface area contributed by atoms with E-state index in [2.05, 4.69) is 15.9 Å². The van der Waals surface area contributed by atoms with Gasteiger partial charge in [-0.1, -0.05) is 39.7 Å². The van der Waals surface area contributed by atoms with E-state index in [9.17, 15) is 8.42 Å². The first-order valence-corrected chi connectivity index (χ1v) is 8.69. The minimum Gasteiger partial charge on any atom is -0.487 e. The van der Waals surface area contributed by atoms with Gasteiger partial charge in [0.05, 0.1) is 0 Å². The van der Waals surface area contributed by atoms with Crippen molar-refractivity contribution in [3.63, 3.8) is 0 Å². The number of rotatable bonds is 4. The van der Waals surface area contributed by atoms with E-state index in [1.54, 1.807) is 12.1 Å². The van der Waals surface area contributed by atoms with Crippen molar-refractivity contribution in [1.29, 1.82) is 0 Å². The van der Waals surface area contributed by atoms with E-state index in [0.717, 1.165) is 11.1 Å². The summed E-state index contributed by atoms with van der Waals surface area (Å²) in [7, 11) is -3.87. The molecule has 0 spiro atoms. The summed E-state index contributed by atoms with van der Waals surface area (Å²) < 4.78 is 29.3. The van der Waals surface area contributed by atoms with E-state index in [1.165, 1.54) is 6.07 Å². The van der Waals surface area contributed by atoms with Crippen molar-refractivity contribution in [3.8, 4) is 5.75 Å². The first-order chi connectivity index (χ1) is 9.77. The summed E-state index contributed by atoms with van der Waals surface area (Å²) in [5, 5.41) is 5.76. The third-order valence-corrected chi connectivity index (χ3v) is 4.58. The van der Waals surface area contributed by atoms with Crippen molar-refractivity contribution in [2.45, 2.75) is 18.4 Å². The molecule has 0 unspecified atom stereocenters. The molecule has 0 aliphatic heterocycles. The Labute approximate surface area is 137 Å². The third kappa shape index (κ3) is 4.20. The molecule has 2 aromatic carbocycles. The fourth-order valence-corrected chi connectivity index (χ4v) is 3.25. The van der Waals surface area contributed by atoms with Crippen LogP contribution in [-0.2, 0) is 16.6 Å². The summed E-state index contributed by atoms with van der Waals surface area (Å²) >= 11 is 9.33. The van der Waals surface area contributed by atoms with Crippen LogP contribution in [0, 0.1) is 6.92 Å². The number of ether oxygens (including phenoxy) is 1. The van der Waals surface area contributed by atoms with Gasteiger partial charge in [0.15, 0.2) is 0 Å². The van der Waals surface area contributed by atoms with Crippen LogP contribution in [0.15, 0.2) is 45.8 Å². The van der Waals surface area contributed by atoms with Crippen molar-refractivity contribution >= 4 is 37.6 Å². The number of primary sulfonamides is 1. The normalized spacial score (nSPS) is 11.4. The summed E-state index contributed by atoms with van der Waals surface area (Å²) in [5.41, 5.74) is 1.81. The zero-order valence-electron chi connectivity index (χ0n) is 11.1. The average Bonchev–Trinajstić information content (AvgIpc) is 2.38. The largest absolute Gasteiger partial charge is 0.487 e. The van der Waals surface area contributed by atoms with Crippen LogP contribution >= 0.6 is 27.5 Å². The molecule has 2 aromatic rings. The number of sulfonamides is 1. The monoisotopic (exact) mass is 389 g/mol. The molecule has 4 nitrogen and oxygen atoms in total. The molecule has 0 heterocycles. The van der Waals surface area contributed by atoms with Gasteiger partial charge in [-0.3, -0.25) is 0 Å². The highest BCUT2D eigenvalue weighted by Gasteiger charge is 2.16. The number of halogens is 2. The second kappa shape index (κ2) is 6.36. The lowest BCUT2D eigenvalue weighted by Gasteiger charge is -2.12. The molecule has 0 amide bonds. The minimum absolute atomic E-state index is 0.0693. The van der Waals surface area contributed by atoms with Crippen molar-refractivity contribution in [2.75, 3.05) is 0 Å². The molecule has 0 saturated heterocycles. The van der Waals surface area contributed by atoms with E-state index in [4.69, 9.17) is 21.5 Å². The molecule has 0 aliphatic rings. The van der Waals surface area contributed by atoms with Crippen LogP contribution in [0.25, 0.3) is 0 Å². The zero-order valence-corrected chi connectivity index (χ0v) is 14.3. The van der Waals surface area contributed by atoms with Gasteiger partial charge in [0.25, 0.3) is 0 Å². The molecule has 0 fully saturated rings. The third-order valence-electron chi connectivity index (χ3n) is 2.80. The molecular weight excluding hydrogens is 378 g/mol. The topological polar surface area (TPSA) is 69.4 Å². The highest BCUT2D eigenvalue weighted by atomic mass is 79.9. The van der Waals surface area contributed by atoms with Crippen LogP contribution < -0.4 is 9.88 Å². The number of benzene rings is 2. The minimum atomic E-state index is -3.87. The molecule has 0 saturated carbocycles. The molecule has 0 radical (unpaired) electrons. The van der Waals surface area contributed by atoms with Crippen LogP contribution in [0.4, 0.5) is 0 Å². The van der Waals surface area contributed by atoms with Crippen LogP contribution in [-0.4, -0.2) is 8.42 Å². The maximum atomic E-state index is 11.6. The Morgan fingerprint density at radius 1 is 1.24 bits per heavy atom. The van der Waals surface area contributed by atoms with Crippen LogP contribution in [0.3, 0.4) is 0 Å². The van der Waals surface area contributed by atoms with E-state index < -0.39 is 10.0 Å². The molecule has 112 valence electrons. The second-order valence-electron chi connectivity index (χ2n) is 4.52. The van der Waals surface area contributed by atoms with Gasteiger partial charge >= 0.3 is 0 Å². The summed E-state index contributed by atoms with van der Waals surface area (Å²) in [6.07, 6.45) is 0. The quantitative estimate of drug-likeness (QED) is 0.866. The van der Waals surface area contributed by atoms with Crippen molar-refractivity contribution in [1.82, 2.24) is 0 Å². The Bertz CT molecular complexity index is 778. The molecular formula is C14H13BrClNO3S. The summed E-state index contributed by atoms with van der Waals surface area (Å²) in [5.74, 6) is 0.192. The molecule has 2 rings (SSSR count). The van der Waals surface area contributed by atoms with E-state index in [-0.39, 0.29) is 17.3 Å². The first-order valence-electron chi connectivity index (χ1n) is 5.97. The Morgan fingerprint density at radius 3 is 2.57 bits per heavy atom. The van der Waals surface area contributed by atoms with Gasteiger partial charge in [0.1, 0.15) is 17.3 Å². The molecule has 0 bridgehead atoms. The maximum Gasteiger partial charge on any atom is 0.241 e. The molecule has 0 aliphatic carbocycles. The van der Waals surface area contributed by atoms with Gasteiger partial charge in [0.2, 0.25) is 10.0 Å². The Morgan fingerprint density at radius 2 is 1.95 bits per heavy atom. The molecule has 2 N–H and O–H groups in total. The van der Waals surface area contributed by atoms with Gasteiger partial charge in [0, 0.05) is 15.1 Å². The molecule has 7 heteroatoms. The fourth-order valence-electron chi connectivity index (χ4n) is 1.75. The van der Waals surface area contributed by atoms with E-state index in [1.807, 2.05) is 25.1 Å². The lowest BCUT2D eigenvalue weighted by atomic mass is 10.2. The molecule has 0 aromatic heterocycles. The van der Waals surface area contributed by atoms with Crippen molar-refractivity contribution in [3.05, 3.63) is 57.0 Å². The van der Waals surface area contributed by atoms with Gasteiger partial charge in [-0.15, -0.1) is 0 Å². The predicted molar refractivity (Wildman–Crippen MR) is 86.0 cm³/mol. The van der Waals surface area contributed by atoms with Gasteiger partial charge < -0.3 is 4.74 Å². The predicted octanol–water partition coefficient (Wildman–Crippen LogP) is 3.64. The van der Waals surface area contributed by atoms with Crippen LogP contribution in [0.2, 0.25) is 5.02 Å². The smallest absolute Gasteiger partial charge is 0.241 e. The lowest BCUT2D eigenvalue weighted by molar-refractivity contribution is 0.298. The van der Waals surface area contributed by atoms with Crippen LogP contribution in [0.5, 0.6) is 5.75 Å². The number of hydrogen-bond donors (Lipinski definition) is 1. The molecule has 21 heavy (non-hydrogen) atoms. The highest BCUT2D eigenvalue weighted by molar-refractivity contribution is 9.10. The Balaban J connectivity index is 2.28. The zero-order chi connectivity index (χ0) is 15.6. The summed E-state index contributed by atoms with van der Waals surface area (Å²) in [4.78, 5) is -0.0693. The molecule has 0 atom stereocenters. The highest BCUT2D eigenvalue weighted by Crippen LogP contribution is 2.28. The standard InChI is InChI=1S/C14H13BrClNO3S/c1-9-2-3-10(12(16)6-9)8-20-13-5-4-11(15)7-14(13)21(17,18)19/h2-7H,8H2,1H3,(H2,17,18,19). The SMILES string of the molecule is Cc1ccc(COc2ccc(Br)cc2S(N)(=O)=O)c(Cl)c1. The second-order valence-corrected chi connectivity index (χ2v) is 7.37. The number of aryl methyl sites for hydroxylation is 1. The number of nitrogens with two attached hydrogens (primary N) is 1. The van der Waals surface area contributed by atoms with Crippen molar-refractivity contribution < 1.29 is 13.2 Å². The van der Waals surface area contributed by atoms with E-state index in [0.29, 0.717) is 9.50 Å². The van der Waals surface area contributed by atoms with E-state index >= 15 is 0 Å². The van der Waals surface area contributed by atoms with Gasteiger partial charge in [-0.05, 0) is 36.8 Å². The van der Waals surface area contributed by atoms with Gasteiger partial charge in [-0.25, -0.2) is 13.6 Å². The fraction of sp³-hybridized carbons (Fsp3) is 0.143. The number of hydrogen-bond acceptors (Lipinski definition) is 3. The Kier molecular flexibility index (Phi) is 4.93. The van der Waals surface area contributed by atoms with Crippen LogP contribution in [0.1, 0.15) is 11.1 Å². The summed E-state index contributed by atoms with van der Waals surface area (Å²) in [6, 6.07) is 10.2. The summed E-state index contributed by atoms with van der Waals surface area (Å²) in [6.45, 7) is 2.09. The lowest BCUT2D eigenvalue weighted by Crippen LogP contribution is -2.14. The van der Waals surface area contributed by atoms with Gasteiger partial charge in [-0.2, -0.15) is 0 Å². The Hall–Kier alpha value is -1.08. The van der Waals surface area contributed by atoms with Crippen molar-refractivity contribution in [2.24, 2.45) is 5.14 Å².